The van der Waals surface area contributed by atoms with E-state index in [-0.39, 0.29) is 18.4 Å². The molecule has 3 N–H and O–H groups in total. The first kappa shape index (κ1) is 20.5. The number of anilines is 2. The summed E-state index contributed by atoms with van der Waals surface area (Å²) in [5, 5.41) is 8.48. The Balaban J connectivity index is 1.39. The second-order valence-electron chi connectivity index (χ2n) is 6.62. The Morgan fingerprint density at radius 2 is 1.83 bits per heavy atom. The van der Waals surface area contributed by atoms with Gasteiger partial charge in [-0.2, -0.15) is 4.98 Å². The van der Waals surface area contributed by atoms with Crippen molar-refractivity contribution in [3.05, 3.63) is 47.7 Å². The first-order valence-electron chi connectivity index (χ1n) is 9.64. The number of amides is 2. The SMILES string of the molecule is Cc1cc(N2CCOCC2)nc(NCCNC(=O)CNC(=O)c2ccccc2)n1. The summed E-state index contributed by atoms with van der Waals surface area (Å²) in [6.45, 7) is 5.72. The molecule has 1 aliphatic rings. The Kier molecular flexibility index (Phi) is 7.34. The number of morpholine rings is 1. The van der Waals surface area contributed by atoms with E-state index in [2.05, 4.69) is 30.8 Å². The number of benzene rings is 1. The molecule has 0 aliphatic carbocycles. The number of carbonyl (C=O) groups excluding carboxylic acids is 2. The van der Waals surface area contributed by atoms with Gasteiger partial charge in [-0.05, 0) is 19.1 Å². The van der Waals surface area contributed by atoms with E-state index in [0.717, 1.165) is 24.6 Å². The first-order chi connectivity index (χ1) is 14.1. The molecule has 2 heterocycles. The maximum absolute atomic E-state index is 11.9. The summed E-state index contributed by atoms with van der Waals surface area (Å²) < 4.78 is 5.38. The third-order valence-electron chi connectivity index (χ3n) is 4.35. The van der Waals surface area contributed by atoms with Gasteiger partial charge in [-0.1, -0.05) is 18.2 Å². The lowest BCUT2D eigenvalue weighted by Crippen LogP contribution is -2.38. The summed E-state index contributed by atoms with van der Waals surface area (Å²) in [4.78, 5) is 34.9. The largest absolute Gasteiger partial charge is 0.378 e. The summed E-state index contributed by atoms with van der Waals surface area (Å²) in [6.07, 6.45) is 0. The molecule has 2 aromatic rings. The van der Waals surface area contributed by atoms with Crippen molar-refractivity contribution in [2.75, 3.05) is 56.2 Å². The molecular formula is C20H26N6O3. The van der Waals surface area contributed by atoms with Gasteiger partial charge in [0.15, 0.2) is 0 Å². The zero-order chi connectivity index (χ0) is 20.5. The van der Waals surface area contributed by atoms with Crippen LogP contribution in [0.5, 0.6) is 0 Å². The molecule has 0 unspecified atom stereocenters. The van der Waals surface area contributed by atoms with Crippen LogP contribution in [0.2, 0.25) is 0 Å². The van der Waals surface area contributed by atoms with Crippen molar-refractivity contribution in [2.24, 2.45) is 0 Å². The minimum absolute atomic E-state index is 0.0736. The highest BCUT2D eigenvalue weighted by molar-refractivity contribution is 5.96. The van der Waals surface area contributed by atoms with E-state index in [1.807, 2.05) is 19.1 Å². The fourth-order valence-corrected chi connectivity index (χ4v) is 2.88. The van der Waals surface area contributed by atoms with Crippen molar-refractivity contribution in [1.82, 2.24) is 20.6 Å². The second kappa shape index (κ2) is 10.4. The molecule has 154 valence electrons. The Hall–Kier alpha value is -3.20. The van der Waals surface area contributed by atoms with Crippen LogP contribution in [0.1, 0.15) is 16.1 Å². The van der Waals surface area contributed by atoms with E-state index in [4.69, 9.17) is 4.74 Å². The zero-order valence-electron chi connectivity index (χ0n) is 16.5. The molecule has 0 spiro atoms. The molecule has 29 heavy (non-hydrogen) atoms. The van der Waals surface area contributed by atoms with Crippen LogP contribution in [0.25, 0.3) is 0 Å². The smallest absolute Gasteiger partial charge is 0.251 e. The maximum atomic E-state index is 11.9. The highest BCUT2D eigenvalue weighted by Crippen LogP contribution is 2.15. The average molecular weight is 398 g/mol. The first-order valence-corrected chi connectivity index (χ1v) is 9.64. The number of hydrogen-bond acceptors (Lipinski definition) is 7. The maximum Gasteiger partial charge on any atom is 0.251 e. The number of nitrogens with zero attached hydrogens (tertiary/aromatic N) is 3. The number of rotatable bonds is 8. The number of hydrogen-bond donors (Lipinski definition) is 3. The molecule has 0 radical (unpaired) electrons. The third kappa shape index (κ3) is 6.42. The van der Waals surface area contributed by atoms with E-state index in [1.54, 1.807) is 24.3 Å². The van der Waals surface area contributed by atoms with E-state index in [0.29, 0.717) is 37.8 Å². The van der Waals surface area contributed by atoms with E-state index in [1.165, 1.54) is 0 Å². The van der Waals surface area contributed by atoms with Crippen molar-refractivity contribution >= 4 is 23.6 Å². The number of aromatic nitrogens is 2. The molecule has 1 aromatic heterocycles. The lowest BCUT2D eigenvalue weighted by molar-refractivity contribution is -0.120. The minimum Gasteiger partial charge on any atom is -0.378 e. The van der Waals surface area contributed by atoms with E-state index >= 15 is 0 Å². The van der Waals surface area contributed by atoms with Crippen molar-refractivity contribution < 1.29 is 14.3 Å². The second-order valence-corrected chi connectivity index (χ2v) is 6.62. The molecule has 1 aliphatic heterocycles. The topological polar surface area (TPSA) is 108 Å². The molecule has 2 amide bonds. The number of aryl methyl sites for hydroxylation is 1. The molecule has 0 atom stereocenters. The molecule has 1 aromatic carbocycles. The Bertz CT molecular complexity index is 824. The lowest BCUT2D eigenvalue weighted by Gasteiger charge is -2.28. The van der Waals surface area contributed by atoms with E-state index < -0.39 is 0 Å². The van der Waals surface area contributed by atoms with Gasteiger partial charge in [0.2, 0.25) is 11.9 Å². The molecule has 0 saturated carbocycles. The van der Waals surface area contributed by atoms with Crippen LogP contribution in [-0.2, 0) is 9.53 Å². The standard InChI is InChI=1S/C20H26N6O3/c1-15-13-17(26-9-11-29-12-10-26)25-20(24-15)22-8-7-21-18(27)14-23-19(28)16-5-3-2-4-6-16/h2-6,13H,7-12,14H2,1H3,(H,21,27)(H,23,28)(H,22,24,25). The summed E-state index contributed by atoms with van der Waals surface area (Å²) in [6, 6.07) is 10.7. The van der Waals surface area contributed by atoms with Crippen LogP contribution in [0.3, 0.4) is 0 Å². The van der Waals surface area contributed by atoms with Crippen LogP contribution >= 0.6 is 0 Å². The van der Waals surface area contributed by atoms with Gasteiger partial charge >= 0.3 is 0 Å². The summed E-state index contributed by atoms with van der Waals surface area (Å²) in [7, 11) is 0. The number of ether oxygens (including phenoxy) is 1. The quantitative estimate of drug-likeness (QED) is 0.558. The van der Waals surface area contributed by atoms with Gasteiger partial charge in [0.1, 0.15) is 5.82 Å². The highest BCUT2D eigenvalue weighted by Gasteiger charge is 2.14. The number of nitrogens with one attached hydrogen (secondary N) is 3. The summed E-state index contributed by atoms with van der Waals surface area (Å²) in [5.74, 6) is 0.868. The molecule has 3 rings (SSSR count). The molecule has 1 saturated heterocycles. The third-order valence-corrected chi connectivity index (χ3v) is 4.35. The van der Waals surface area contributed by atoms with Crippen LogP contribution in [0.4, 0.5) is 11.8 Å². The predicted octanol–water partition coefficient (Wildman–Crippen LogP) is 0.580. The van der Waals surface area contributed by atoms with Crippen LogP contribution in [0, 0.1) is 6.92 Å². The van der Waals surface area contributed by atoms with Crippen LogP contribution < -0.4 is 20.9 Å². The Labute approximate surface area is 169 Å². The molecule has 9 nitrogen and oxygen atoms in total. The zero-order valence-corrected chi connectivity index (χ0v) is 16.5. The van der Waals surface area contributed by atoms with Crippen molar-refractivity contribution in [3.63, 3.8) is 0 Å². The van der Waals surface area contributed by atoms with E-state index in [9.17, 15) is 9.59 Å². The van der Waals surface area contributed by atoms with Crippen molar-refractivity contribution in [3.8, 4) is 0 Å². The molecule has 0 bridgehead atoms. The minimum atomic E-state index is -0.275. The van der Waals surface area contributed by atoms with Gasteiger partial charge in [0, 0.05) is 43.5 Å². The summed E-state index contributed by atoms with van der Waals surface area (Å²) in [5.41, 5.74) is 1.39. The van der Waals surface area contributed by atoms with Crippen LogP contribution in [0.15, 0.2) is 36.4 Å². The monoisotopic (exact) mass is 398 g/mol. The highest BCUT2D eigenvalue weighted by atomic mass is 16.5. The van der Waals surface area contributed by atoms with Crippen molar-refractivity contribution in [2.45, 2.75) is 6.92 Å². The van der Waals surface area contributed by atoms with Crippen molar-refractivity contribution in [1.29, 1.82) is 0 Å². The molecule has 9 heteroatoms. The average Bonchev–Trinajstić information content (AvgIpc) is 2.76. The van der Waals surface area contributed by atoms with Gasteiger partial charge < -0.3 is 25.6 Å². The Morgan fingerprint density at radius 1 is 1.07 bits per heavy atom. The Morgan fingerprint density at radius 3 is 2.59 bits per heavy atom. The van der Waals surface area contributed by atoms with Gasteiger partial charge in [0.25, 0.3) is 5.91 Å². The fourth-order valence-electron chi connectivity index (χ4n) is 2.88. The lowest BCUT2D eigenvalue weighted by atomic mass is 10.2. The normalized spacial score (nSPS) is 13.6. The predicted molar refractivity (Wildman–Crippen MR) is 110 cm³/mol. The van der Waals surface area contributed by atoms with Crippen LogP contribution in [-0.4, -0.2) is 67.7 Å². The van der Waals surface area contributed by atoms with Gasteiger partial charge in [0.05, 0.1) is 19.8 Å². The summed E-state index contributed by atoms with van der Waals surface area (Å²) >= 11 is 0. The molecule has 1 fully saturated rings. The fraction of sp³-hybridized carbons (Fsp3) is 0.400. The van der Waals surface area contributed by atoms with Gasteiger partial charge in [-0.15, -0.1) is 0 Å². The molecular weight excluding hydrogens is 372 g/mol. The van der Waals surface area contributed by atoms with Gasteiger partial charge in [-0.3, -0.25) is 9.59 Å². The van der Waals surface area contributed by atoms with Gasteiger partial charge in [-0.25, -0.2) is 4.98 Å². The number of carbonyl (C=O) groups is 2.